The van der Waals surface area contributed by atoms with E-state index in [0.717, 1.165) is 0 Å². The van der Waals surface area contributed by atoms with Crippen LogP contribution in [0.2, 0.25) is 0 Å². The van der Waals surface area contributed by atoms with Gasteiger partial charge in [-0.25, -0.2) is 0 Å². The summed E-state index contributed by atoms with van der Waals surface area (Å²) in [5.74, 6) is 0. The molecule has 6 heteroatoms. The summed E-state index contributed by atoms with van der Waals surface area (Å²) in [5, 5.41) is 0. The number of hydrogen-bond donors (Lipinski definition) is 0. The summed E-state index contributed by atoms with van der Waals surface area (Å²) >= 11 is 0. The maximum absolute atomic E-state index is 8.55. The van der Waals surface area contributed by atoms with E-state index in [2.05, 4.69) is 13.2 Å². The van der Waals surface area contributed by atoms with Gasteiger partial charge in [0.2, 0.25) is 0 Å². The minimum absolute atomic E-state index is 0. The molecular weight excluding hydrogens is 210 g/mol. The van der Waals surface area contributed by atoms with Gasteiger partial charge in [-0.2, -0.15) is 7.82 Å². The summed E-state index contributed by atoms with van der Waals surface area (Å²) in [6.07, 6.45) is 0. The van der Waals surface area contributed by atoms with Gasteiger partial charge < -0.3 is 25.8 Å². The molecule has 0 aromatic heterocycles. The molecule has 0 rings (SSSR count). The van der Waals surface area contributed by atoms with Crippen LogP contribution >= 0.6 is 7.82 Å². The summed E-state index contributed by atoms with van der Waals surface area (Å²) in [6, 6.07) is 0. The zero-order chi connectivity index (χ0) is 6.50. The second-order valence-electron chi connectivity index (χ2n) is 0.447. The van der Waals surface area contributed by atoms with Gasteiger partial charge >= 0.3 is 26.2 Å². The fourth-order valence-corrected chi connectivity index (χ4v) is 0. The van der Waals surface area contributed by atoms with Crippen molar-refractivity contribution in [3.63, 3.8) is 0 Å². The molecule has 44 valence electrons. The van der Waals surface area contributed by atoms with Crippen LogP contribution in [0, 0.1) is 6.58 Å². The Morgan fingerprint density at radius 3 is 1.25 bits per heavy atom. The van der Waals surface area contributed by atoms with Crippen LogP contribution in [0.25, 0.3) is 0 Å². The van der Waals surface area contributed by atoms with Crippen molar-refractivity contribution in [2.75, 3.05) is 0 Å². The first-order chi connectivity index (χ1) is 3.00. The summed E-state index contributed by atoms with van der Waals surface area (Å²) in [4.78, 5) is 25.6. The van der Waals surface area contributed by atoms with Gasteiger partial charge in [0, 0.05) is 0 Å². The van der Waals surface area contributed by atoms with Crippen LogP contribution in [0.3, 0.4) is 0 Å². The average molecular weight is 213 g/mol. The molecule has 0 aliphatic rings. The molecule has 0 spiro atoms. The van der Waals surface area contributed by atoms with Gasteiger partial charge in [0.15, 0.2) is 0 Å². The van der Waals surface area contributed by atoms with Crippen LogP contribution in [-0.2, 0) is 30.8 Å². The van der Waals surface area contributed by atoms with Gasteiger partial charge in [0.1, 0.15) is 0 Å². The van der Waals surface area contributed by atoms with Gasteiger partial charge in [0.25, 0.3) is 0 Å². The fourth-order valence-electron chi connectivity index (χ4n) is 0. The summed E-state index contributed by atoms with van der Waals surface area (Å²) in [6.45, 7) is 7.00. The molecule has 0 radical (unpaired) electrons. The van der Waals surface area contributed by atoms with E-state index in [0.29, 0.717) is 0 Å². The third-order valence-electron chi connectivity index (χ3n) is 0. The quantitative estimate of drug-likeness (QED) is 0.337. The van der Waals surface area contributed by atoms with E-state index in [4.69, 9.17) is 19.2 Å². The van der Waals surface area contributed by atoms with Crippen molar-refractivity contribution in [3.8, 4) is 0 Å². The fraction of sp³-hybridized carbons (Fsp3) is 0. The molecule has 4 nitrogen and oxygen atoms in total. The van der Waals surface area contributed by atoms with E-state index >= 15 is 0 Å². The van der Waals surface area contributed by atoms with Gasteiger partial charge in [-0.05, 0) is 0 Å². The Bertz CT molecular complexity index is 69.8. The number of rotatable bonds is 0. The van der Waals surface area contributed by atoms with Crippen LogP contribution in [0.4, 0.5) is 0 Å². The minimum atomic E-state index is -5.39. The van der Waals surface area contributed by atoms with E-state index in [-0.39, 0.29) is 26.2 Å². The van der Waals surface area contributed by atoms with E-state index in [1.165, 1.54) is 0 Å². The average Bonchev–Trinajstić information content (AvgIpc) is 1.36. The molecule has 0 bridgehead atoms. The van der Waals surface area contributed by atoms with Gasteiger partial charge in [-0.1, -0.05) is 0 Å². The Morgan fingerprint density at radius 2 is 1.25 bits per heavy atom. The minimum Gasteiger partial charge on any atom is -0.822 e. The standard InChI is InChI=1S/C2H3.H3O4P.Zr/c1-2;1-5(2,3)4;/h1H,2H2;(H3,1,2,3,4);/q-1;;+4/p-3. The maximum Gasteiger partial charge on any atom is 4.00 e. The van der Waals surface area contributed by atoms with E-state index in [1.807, 2.05) is 0 Å². The first kappa shape index (κ1) is 15.9. The zero-order valence-corrected chi connectivity index (χ0v) is 7.22. The van der Waals surface area contributed by atoms with Gasteiger partial charge in [-0.15, -0.1) is 0 Å². The largest absolute Gasteiger partial charge is 4.00 e. The van der Waals surface area contributed by atoms with Crippen molar-refractivity contribution in [2.45, 2.75) is 0 Å². The molecule has 0 aliphatic carbocycles. The van der Waals surface area contributed by atoms with Crippen LogP contribution in [-0.4, -0.2) is 0 Å². The number of phosphoric acid groups is 1. The predicted molar refractivity (Wildman–Crippen MR) is 17.5 cm³/mol. The Kier molecular flexibility index (Phi) is 15.4. The van der Waals surface area contributed by atoms with Crippen LogP contribution < -0.4 is 14.7 Å². The van der Waals surface area contributed by atoms with E-state index in [1.54, 1.807) is 0 Å². The van der Waals surface area contributed by atoms with Crippen molar-refractivity contribution in [1.29, 1.82) is 0 Å². The van der Waals surface area contributed by atoms with Crippen molar-refractivity contribution in [2.24, 2.45) is 0 Å². The Labute approximate surface area is 66.6 Å². The van der Waals surface area contributed by atoms with Crippen LogP contribution in [0.5, 0.6) is 0 Å². The molecule has 0 aliphatic heterocycles. The van der Waals surface area contributed by atoms with Crippen LogP contribution in [0.1, 0.15) is 0 Å². The predicted octanol–water partition coefficient (Wildman–Crippen LogP) is -2.22. The number of hydrogen-bond acceptors (Lipinski definition) is 4. The molecule has 0 amide bonds. The van der Waals surface area contributed by atoms with Crippen molar-refractivity contribution in [3.05, 3.63) is 13.2 Å². The van der Waals surface area contributed by atoms with Gasteiger partial charge in [0.05, 0.1) is 0 Å². The maximum atomic E-state index is 8.55. The molecule has 0 unspecified atom stereocenters. The Hall–Kier alpha value is 0.733. The van der Waals surface area contributed by atoms with Crippen molar-refractivity contribution >= 4 is 7.82 Å². The second-order valence-corrected chi connectivity index (χ2v) is 1.34. The molecule has 0 fully saturated rings. The molecule has 8 heavy (non-hydrogen) atoms. The van der Waals surface area contributed by atoms with Crippen LogP contribution in [0.15, 0.2) is 6.58 Å². The summed E-state index contributed by atoms with van der Waals surface area (Å²) < 4.78 is 8.55. The summed E-state index contributed by atoms with van der Waals surface area (Å²) in [5.41, 5.74) is 0. The first-order valence-electron chi connectivity index (χ1n) is 1.14. The molecule has 0 saturated heterocycles. The smallest absolute Gasteiger partial charge is 0.822 e. The van der Waals surface area contributed by atoms with Gasteiger partial charge in [-0.3, -0.25) is 6.58 Å². The molecule has 0 aromatic rings. The molecular formula is C2H3O4PZr. The molecule has 0 heterocycles. The second kappa shape index (κ2) is 7.73. The Balaban J connectivity index is -0.0000000750. The zero-order valence-electron chi connectivity index (χ0n) is 3.86. The van der Waals surface area contributed by atoms with E-state index < -0.39 is 7.82 Å². The molecule has 0 N–H and O–H groups in total. The molecule has 0 saturated carbocycles. The summed E-state index contributed by atoms with van der Waals surface area (Å²) in [7, 11) is -5.39. The molecule has 0 atom stereocenters. The SMILES string of the molecule is O=P([O-])([O-])[O-].[CH-]=C.[Zr+4]. The third kappa shape index (κ3) is 412. The van der Waals surface area contributed by atoms with Crippen molar-refractivity contribution in [1.82, 2.24) is 0 Å². The third-order valence-corrected chi connectivity index (χ3v) is 0. The first-order valence-corrected chi connectivity index (χ1v) is 2.60. The van der Waals surface area contributed by atoms with E-state index in [9.17, 15) is 0 Å². The normalized spacial score (nSPS) is 7.88. The topological polar surface area (TPSA) is 86.2 Å². The Morgan fingerprint density at radius 1 is 1.25 bits per heavy atom. The monoisotopic (exact) mass is 212 g/mol. The van der Waals surface area contributed by atoms with Crippen molar-refractivity contribution < 1.29 is 45.4 Å². The molecule has 0 aromatic carbocycles.